The normalized spacial score (nSPS) is 13.0. The highest BCUT2D eigenvalue weighted by atomic mass is 32.2. The first-order valence-corrected chi connectivity index (χ1v) is 7.69. The Morgan fingerprint density at radius 3 is 2.62 bits per heavy atom. The van der Waals surface area contributed by atoms with Crippen molar-refractivity contribution in [1.82, 2.24) is 4.72 Å². The average Bonchev–Trinajstić information content (AvgIpc) is 2.92. The summed E-state index contributed by atoms with van der Waals surface area (Å²) in [5, 5.41) is 9.06. The van der Waals surface area contributed by atoms with Crippen molar-refractivity contribution in [2.75, 3.05) is 0 Å². The lowest BCUT2D eigenvalue weighted by Gasteiger charge is -2.13. The second-order valence-corrected chi connectivity index (χ2v) is 6.35. The summed E-state index contributed by atoms with van der Waals surface area (Å²) in [6.45, 7) is 3.25. The first-order chi connectivity index (χ1) is 9.81. The smallest absolute Gasteiger partial charge is 0.335 e. The number of nitrogens with one attached hydrogen (secondary N) is 1. The number of aryl methyl sites for hydroxylation is 1. The van der Waals surface area contributed by atoms with Crippen molar-refractivity contribution >= 4 is 16.0 Å². The number of carboxylic acid groups (broad SMARTS) is 1. The van der Waals surface area contributed by atoms with E-state index in [1.54, 1.807) is 26.0 Å². The maximum absolute atomic E-state index is 12.3. The molecule has 0 aliphatic carbocycles. The predicted molar refractivity (Wildman–Crippen MR) is 75.6 cm³/mol. The molecule has 2 rings (SSSR count). The number of hydrogen-bond acceptors (Lipinski definition) is 4. The minimum atomic E-state index is -3.83. The van der Waals surface area contributed by atoms with Crippen LogP contribution in [-0.4, -0.2) is 19.5 Å². The average molecular weight is 309 g/mol. The second-order valence-electron chi connectivity index (χ2n) is 4.64. The Morgan fingerprint density at radius 2 is 2.05 bits per heavy atom. The Labute approximate surface area is 122 Å². The second kappa shape index (κ2) is 5.71. The van der Waals surface area contributed by atoms with E-state index in [1.807, 2.05) is 0 Å². The van der Waals surface area contributed by atoms with Crippen LogP contribution in [0.3, 0.4) is 0 Å². The fourth-order valence-electron chi connectivity index (χ4n) is 1.90. The van der Waals surface area contributed by atoms with Crippen molar-refractivity contribution < 1.29 is 22.7 Å². The van der Waals surface area contributed by atoms with Crippen molar-refractivity contribution in [1.29, 1.82) is 0 Å². The van der Waals surface area contributed by atoms with Crippen LogP contribution in [-0.2, 0) is 10.0 Å². The molecule has 0 bridgehead atoms. The third-order valence-electron chi connectivity index (χ3n) is 3.05. The molecule has 0 radical (unpaired) electrons. The molecule has 1 aromatic carbocycles. The Morgan fingerprint density at radius 1 is 1.33 bits per heavy atom. The molecule has 2 aromatic rings. The summed E-state index contributed by atoms with van der Waals surface area (Å²) in [4.78, 5) is 11.0. The summed E-state index contributed by atoms with van der Waals surface area (Å²) < 4.78 is 32.1. The van der Waals surface area contributed by atoms with Gasteiger partial charge in [-0.1, -0.05) is 6.07 Å². The maximum atomic E-state index is 12.3. The van der Waals surface area contributed by atoms with Gasteiger partial charge in [0.15, 0.2) is 0 Å². The molecule has 0 saturated carbocycles. The molecule has 1 atom stereocenters. The molecular formula is C14H15NO5S. The van der Waals surface area contributed by atoms with E-state index in [4.69, 9.17) is 9.52 Å². The first kappa shape index (κ1) is 15.3. The van der Waals surface area contributed by atoms with Gasteiger partial charge < -0.3 is 9.52 Å². The van der Waals surface area contributed by atoms with Crippen molar-refractivity contribution in [3.63, 3.8) is 0 Å². The van der Waals surface area contributed by atoms with Crippen LogP contribution in [0.15, 0.2) is 45.9 Å². The van der Waals surface area contributed by atoms with Gasteiger partial charge in [0.2, 0.25) is 10.0 Å². The summed E-state index contributed by atoms with van der Waals surface area (Å²) in [6.07, 6.45) is 1.45. The van der Waals surface area contributed by atoms with Gasteiger partial charge in [-0.3, -0.25) is 0 Å². The molecule has 6 nitrogen and oxygen atoms in total. The van der Waals surface area contributed by atoms with Crippen LogP contribution in [0.5, 0.6) is 0 Å². The number of rotatable bonds is 5. The van der Waals surface area contributed by atoms with Gasteiger partial charge in [0.1, 0.15) is 5.76 Å². The van der Waals surface area contributed by atoms with E-state index in [0.717, 1.165) is 6.07 Å². The van der Waals surface area contributed by atoms with Crippen LogP contribution >= 0.6 is 0 Å². The zero-order valence-corrected chi connectivity index (χ0v) is 12.3. The molecule has 0 saturated heterocycles. The number of carboxylic acids is 1. The first-order valence-electron chi connectivity index (χ1n) is 6.21. The van der Waals surface area contributed by atoms with Crippen molar-refractivity contribution in [2.45, 2.75) is 24.8 Å². The van der Waals surface area contributed by atoms with E-state index in [2.05, 4.69) is 4.72 Å². The molecule has 1 aromatic heterocycles. The van der Waals surface area contributed by atoms with E-state index in [1.165, 1.54) is 18.4 Å². The summed E-state index contributed by atoms with van der Waals surface area (Å²) in [5.41, 5.74) is 0.462. The number of benzene rings is 1. The third-order valence-corrected chi connectivity index (χ3v) is 4.59. The van der Waals surface area contributed by atoms with Gasteiger partial charge in [-0.05, 0) is 43.7 Å². The lowest BCUT2D eigenvalue weighted by molar-refractivity contribution is 0.0696. The number of sulfonamides is 1. The van der Waals surface area contributed by atoms with Crippen molar-refractivity contribution in [3.8, 4) is 0 Å². The Balaban J connectivity index is 2.32. The highest BCUT2D eigenvalue weighted by Gasteiger charge is 2.21. The summed E-state index contributed by atoms with van der Waals surface area (Å²) >= 11 is 0. The Kier molecular flexibility index (Phi) is 4.15. The summed E-state index contributed by atoms with van der Waals surface area (Å²) in [6, 6.07) is 6.75. The van der Waals surface area contributed by atoms with Gasteiger partial charge in [0.25, 0.3) is 0 Å². The highest BCUT2D eigenvalue weighted by molar-refractivity contribution is 7.89. The molecule has 0 fully saturated rings. The van der Waals surface area contributed by atoms with Crippen LogP contribution in [0.1, 0.15) is 34.6 Å². The van der Waals surface area contributed by atoms with Crippen molar-refractivity contribution in [2.24, 2.45) is 0 Å². The number of aromatic carboxylic acids is 1. The van der Waals surface area contributed by atoms with Gasteiger partial charge in [0.05, 0.1) is 22.8 Å². The molecule has 112 valence electrons. The fraction of sp³-hybridized carbons (Fsp3) is 0.214. The maximum Gasteiger partial charge on any atom is 0.335 e. The fourth-order valence-corrected chi connectivity index (χ4v) is 3.13. The number of hydrogen-bond donors (Lipinski definition) is 2. The van der Waals surface area contributed by atoms with E-state index >= 15 is 0 Å². The van der Waals surface area contributed by atoms with E-state index in [0.29, 0.717) is 11.3 Å². The number of carbonyl (C=O) groups is 1. The van der Waals surface area contributed by atoms with Gasteiger partial charge in [0, 0.05) is 0 Å². The molecule has 0 amide bonds. The van der Waals surface area contributed by atoms with Crippen LogP contribution in [0.4, 0.5) is 0 Å². The lowest BCUT2D eigenvalue weighted by atomic mass is 10.1. The third kappa shape index (κ3) is 3.32. The SMILES string of the molecule is Cc1ccc(S(=O)(=O)NC(C)c2ccco2)cc1C(=O)O. The van der Waals surface area contributed by atoms with Gasteiger partial charge in [-0.2, -0.15) is 0 Å². The number of furan rings is 1. The molecule has 1 heterocycles. The van der Waals surface area contributed by atoms with Gasteiger partial charge >= 0.3 is 5.97 Å². The minimum absolute atomic E-state index is 0.0384. The molecule has 21 heavy (non-hydrogen) atoms. The molecule has 2 N–H and O–H groups in total. The standard InChI is InChI=1S/C14H15NO5S/c1-9-5-6-11(8-12(9)14(16)17)21(18,19)15-10(2)13-4-3-7-20-13/h3-8,10,15H,1-2H3,(H,16,17). The molecule has 7 heteroatoms. The zero-order valence-electron chi connectivity index (χ0n) is 11.5. The highest BCUT2D eigenvalue weighted by Crippen LogP contribution is 2.19. The van der Waals surface area contributed by atoms with Crippen LogP contribution in [0.2, 0.25) is 0 Å². The molecule has 1 unspecified atom stereocenters. The minimum Gasteiger partial charge on any atom is -0.478 e. The summed E-state index contributed by atoms with van der Waals surface area (Å²) in [5.74, 6) is -0.687. The molecule has 0 aliphatic rings. The van der Waals surface area contributed by atoms with Crippen LogP contribution < -0.4 is 4.72 Å². The monoisotopic (exact) mass is 309 g/mol. The topological polar surface area (TPSA) is 96.6 Å². The van der Waals surface area contributed by atoms with Gasteiger partial charge in [-0.25, -0.2) is 17.9 Å². The zero-order chi connectivity index (χ0) is 15.6. The quantitative estimate of drug-likeness (QED) is 0.883. The molecule has 0 aliphatic heterocycles. The molecule has 0 spiro atoms. The lowest BCUT2D eigenvalue weighted by Crippen LogP contribution is -2.27. The van der Waals surface area contributed by atoms with Crippen molar-refractivity contribution in [3.05, 3.63) is 53.5 Å². The van der Waals surface area contributed by atoms with Crippen LogP contribution in [0.25, 0.3) is 0 Å². The molecular weight excluding hydrogens is 294 g/mol. The van der Waals surface area contributed by atoms with E-state index in [-0.39, 0.29) is 10.5 Å². The van der Waals surface area contributed by atoms with E-state index in [9.17, 15) is 13.2 Å². The largest absolute Gasteiger partial charge is 0.478 e. The Bertz CT molecular complexity index is 750. The van der Waals surface area contributed by atoms with Gasteiger partial charge in [-0.15, -0.1) is 0 Å². The Hall–Kier alpha value is -2.12. The summed E-state index contributed by atoms with van der Waals surface area (Å²) in [7, 11) is -3.83. The van der Waals surface area contributed by atoms with E-state index < -0.39 is 22.0 Å². The van der Waals surface area contributed by atoms with Crippen LogP contribution in [0, 0.1) is 6.92 Å². The predicted octanol–water partition coefficient (Wildman–Crippen LogP) is 2.33.